The molecule has 0 unspecified atom stereocenters. The van der Waals surface area contributed by atoms with E-state index in [1.807, 2.05) is 0 Å². The molecule has 0 aliphatic carbocycles. The molecule has 0 bridgehead atoms. The zero-order valence-corrected chi connectivity index (χ0v) is 22.8. The number of hydrogen-bond acceptors (Lipinski definition) is 6. The maximum atomic E-state index is 12.5. The summed E-state index contributed by atoms with van der Waals surface area (Å²) in [6.07, 6.45) is 0. The molecule has 0 spiro atoms. The molecule has 0 amide bonds. The summed E-state index contributed by atoms with van der Waals surface area (Å²) in [5.74, 6) is -0.563. The summed E-state index contributed by atoms with van der Waals surface area (Å²) < 4.78 is 14.3. The topological polar surface area (TPSA) is 52.6 Å². The summed E-state index contributed by atoms with van der Waals surface area (Å²) in [6, 6.07) is 0. The number of methoxy groups -OCH3 is 2. The number of rotatable bonds is 4. The van der Waals surface area contributed by atoms with Crippen molar-refractivity contribution in [2.45, 2.75) is 29.6 Å². The zero-order valence-electron chi connectivity index (χ0n) is 15.4. The molecule has 0 fully saturated rings. The maximum absolute atomic E-state index is 12.5. The van der Waals surface area contributed by atoms with Gasteiger partial charge in [0.05, 0.1) is 0 Å². The van der Waals surface area contributed by atoms with Crippen LogP contribution in [-0.4, -0.2) is 62.9 Å². The Morgan fingerprint density at radius 3 is 1.21 bits per heavy atom. The molecular weight excluding hydrogens is 558 g/mol. The number of esters is 2. The molecule has 8 heteroatoms. The van der Waals surface area contributed by atoms with Gasteiger partial charge >= 0.3 is 161 Å². The third kappa shape index (κ3) is 3.66. The van der Waals surface area contributed by atoms with Crippen LogP contribution in [0, 0.1) is 0 Å². The van der Waals surface area contributed by atoms with Gasteiger partial charge in [0.15, 0.2) is 0 Å². The van der Waals surface area contributed by atoms with Gasteiger partial charge in [-0.25, -0.2) is 0 Å². The Bertz CT molecular complexity index is 739. The Kier molecular flexibility index (Phi) is 6.04. The monoisotopic (exact) mass is 584 g/mol. The third-order valence-electron chi connectivity index (χ3n) is 3.66. The van der Waals surface area contributed by atoms with Gasteiger partial charge in [0.2, 0.25) is 0 Å². The van der Waals surface area contributed by atoms with Crippen LogP contribution in [0.25, 0.3) is 9.40 Å². The molecule has 2 aromatic heterocycles. The van der Waals surface area contributed by atoms with Crippen molar-refractivity contribution in [3.8, 4) is 0 Å². The van der Waals surface area contributed by atoms with E-state index in [2.05, 4.69) is 29.6 Å². The molecule has 2 rings (SSSR count). The molecule has 0 N–H and O–H groups in total. The van der Waals surface area contributed by atoms with E-state index in [0.717, 1.165) is 9.40 Å². The van der Waals surface area contributed by atoms with Crippen molar-refractivity contribution in [1.29, 1.82) is 0 Å². The number of carbonyl (C=O) groups is 2. The normalized spacial score (nSPS) is 12.5. The van der Waals surface area contributed by atoms with Crippen LogP contribution in [0.1, 0.15) is 20.7 Å². The Labute approximate surface area is 159 Å². The average molecular weight is 582 g/mol. The van der Waals surface area contributed by atoms with Gasteiger partial charge in [-0.3, -0.25) is 0 Å². The number of fused-ring (bicyclic) bond motifs is 1. The zero-order chi connectivity index (χ0) is 18.4. The van der Waals surface area contributed by atoms with Gasteiger partial charge in [-0.15, -0.1) is 0 Å². The van der Waals surface area contributed by atoms with Crippen molar-refractivity contribution in [3.05, 3.63) is 11.1 Å². The number of thiophene rings is 2. The van der Waals surface area contributed by atoms with E-state index in [0.29, 0.717) is 11.1 Å². The predicted octanol–water partition coefficient (Wildman–Crippen LogP) is 3.63. The van der Waals surface area contributed by atoms with E-state index in [1.54, 1.807) is 22.7 Å². The summed E-state index contributed by atoms with van der Waals surface area (Å²) in [7, 11) is 2.85. The molecular formula is C16H24O4S2Sn2. The summed E-state index contributed by atoms with van der Waals surface area (Å²) in [5.41, 5.74) is 1.41. The van der Waals surface area contributed by atoms with Crippen LogP contribution in [0.4, 0.5) is 0 Å². The minimum absolute atomic E-state index is 0.281. The standard InChI is InChI=1S/C10H6O4S2.6CH3.2Sn/c1-13-9(11)5-3-15-8-6(10(12)14-2)4-16-7(5)8;;;;;;;;/h1-2H3;6*1H3;;. The molecule has 2 aromatic rings. The molecule has 0 aliphatic heterocycles. The van der Waals surface area contributed by atoms with Crippen LogP contribution < -0.4 is 5.79 Å². The second kappa shape index (κ2) is 7.07. The fourth-order valence-electron chi connectivity index (χ4n) is 2.57. The van der Waals surface area contributed by atoms with Crippen molar-refractivity contribution in [2.75, 3.05) is 14.2 Å². The Balaban J connectivity index is 2.95. The van der Waals surface area contributed by atoms with E-state index < -0.39 is 36.8 Å². The van der Waals surface area contributed by atoms with Crippen LogP contribution in [-0.2, 0) is 9.47 Å². The van der Waals surface area contributed by atoms with Gasteiger partial charge in [0.25, 0.3) is 0 Å². The van der Waals surface area contributed by atoms with Gasteiger partial charge in [0.1, 0.15) is 0 Å². The molecule has 0 saturated carbocycles. The first-order valence-corrected chi connectivity index (χ1v) is 29.3. The van der Waals surface area contributed by atoms with Crippen LogP contribution in [0.5, 0.6) is 0 Å². The Morgan fingerprint density at radius 1 is 0.708 bits per heavy atom. The fraction of sp³-hybridized carbons (Fsp3) is 0.500. The average Bonchev–Trinajstić information content (AvgIpc) is 3.00. The van der Waals surface area contributed by atoms with Crippen LogP contribution in [0.2, 0.25) is 29.6 Å². The Hall–Kier alpha value is 0.197. The first-order valence-electron chi connectivity index (χ1n) is 7.70. The minimum atomic E-state index is -2.54. The van der Waals surface area contributed by atoms with Gasteiger partial charge in [-0.1, -0.05) is 0 Å². The number of hydrogen-bond donors (Lipinski definition) is 0. The second-order valence-corrected chi connectivity index (χ2v) is 40.4. The summed E-state index contributed by atoms with van der Waals surface area (Å²) in [6.45, 7) is 0. The molecule has 2 heterocycles. The first-order chi connectivity index (χ1) is 10.9. The van der Waals surface area contributed by atoms with E-state index in [1.165, 1.54) is 20.0 Å². The van der Waals surface area contributed by atoms with E-state index >= 15 is 0 Å². The van der Waals surface area contributed by atoms with Crippen LogP contribution in [0.3, 0.4) is 0 Å². The van der Waals surface area contributed by atoms with Gasteiger partial charge in [-0.2, -0.15) is 0 Å². The molecule has 0 aromatic carbocycles. The van der Waals surface area contributed by atoms with Crippen molar-refractivity contribution < 1.29 is 19.1 Å². The molecule has 0 aliphatic rings. The van der Waals surface area contributed by atoms with Crippen molar-refractivity contribution in [3.63, 3.8) is 0 Å². The third-order valence-corrected chi connectivity index (χ3v) is 25.0. The van der Waals surface area contributed by atoms with Crippen LogP contribution >= 0.6 is 22.7 Å². The summed E-state index contributed by atoms with van der Waals surface area (Å²) >= 11 is -1.84. The first kappa shape index (κ1) is 20.5. The molecule has 0 atom stereocenters. The molecule has 0 saturated heterocycles. The summed E-state index contributed by atoms with van der Waals surface area (Å²) in [5, 5.41) is 0. The Morgan fingerprint density at radius 2 is 1.00 bits per heavy atom. The van der Waals surface area contributed by atoms with Gasteiger partial charge < -0.3 is 0 Å². The van der Waals surface area contributed by atoms with E-state index in [9.17, 15) is 9.59 Å². The van der Waals surface area contributed by atoms with Crippen molar-refractivity contribution in [1.82, 2.24) is 0 Å². The quantitative estimate of drug-likeness (QED) is 0.409. The summed E-state index contributed by atoms with van der Waals surface area (Å²) in [4.78, 5) is 38.6. The number of carbonyl (C=O) groups excluding carboxylic acids is 2. The molecule has 0 radical (unpaired) electrons. The SMILES string of the molecule is COC(=O)c1[c]([Sn]([CH3])([CH3])[CH3])sc2c(C(=O)OC)[c]([Sn]([CH3])([CH3])[CH3])sc12. The number of ether oxygens (including phenoxy) is 2. The molecule has 4 nitrogen and oxygen atoms in total. The van der Waals surface area contributed by atoms with Crippen LogP contribution in [0.15, 0.2) is 0 Å². The van der Waals surface area contributed by atoms with E-state index in [4.69, 9.17) is 9.47 Å². The van der Waals surface area contributed by atoms with Crippen molar-refractivity contribution in [2.24, 2.45) is 0 Å². The predicted molar refractivity (Wildman–Crippen MR) is 108 cm³/mol. The van der Waals surface area contributed by atoms with E-state index in [-0.39, 0.29) is 11.9 Å². The van der Waals surface area contributed by atoms with Gasteiger partial charge in [-0.05, 0) is 0 Å². The fourth-order valence-corrected chi connectivity index (χ4v) is 18.6. The molecule has 24 heavy (non-hydrogen) atoms. The molecule has 132 valence electrons. The van der Waals surface area contributed by atoms with Crippen molar-refractivity contribution >= 4 is 86.6 Å². The second-order valence-electron chi connectivity index (χ2n) is 7.75. The van der Waals surface area contributed by atoms with Gasteiger partial charge in [0, 0.05) is 0 Å².